The summed E-state index contributed by atoms with van der Waals surface area (Å²) >= 11 is 0. The van der Waals surface area contributed by atoms with Gasteiger partial charge in [-0.05, 0) is 73.6 Å². The number of fused-ring (bicyclic) bond motifs is 8. The average molecular weight is 1290 g/mol. The third kappa shape index (κ3) is 18.5. The van der Waals surface area contributed by atoms with Crippen molar-refractivity contribution >= 4 is 47.8 Å². The first kappa shape index (κ1) is 73.6. The van der Waals surface area contributed by atoms with E-state index < -0.39 is 242 Å². The number of hydrogen-bond acceptors (Lipinski definition) is 20. The predicted molar refractivity (Wildman–Crippen MR) is 326 cm³/mol. The first-order valence-corrected chi connectivity index (χ1v) is 29.8. The molecular formula is C64H84N4O24. The summed E-state index contributed by atoms with van der Waals surface area (Å²) in [6.07, 6.45) is -0.443. The van der Waals surface area contributed by atoms with Crippen LogP contribution >= 0.6 is 0 Å². The summed E-state index contributed by atoms with van der Waals surface area (Å²) in [4.78, 5) is 103. The summed E-state index contributed by atoms with van der Waals surface area (Å²) in [6, 6.07) is 5.29. The molecule has 0 amide bonds. The van der Waals surface area contributed by atoms with Gasteiger partial charge in [0.2, 0.25) is 0 Å². The van der Waals surface area contributed by atoms with Crippen molar-refractivity contribution < 1.29 is 120 Å². The normalized spacial score (nSPS) is 15.7. The largest absolute Gasteiger partial charge is 0.507 e. The fourth-order valence-corrected chi connectivity index (χ4v) is 12.5. The third-order valence-corrected chi connectivity index (χ3v) is 15.9. The van der Waals surface area contributed by atoms with Crippen LogP contribution in [0.2, 0.25) is 0 Å². The Morgan fingerprint density at radius 2 is 0.391 bits per heavy atom. The number of carboxylic acids is 8. The van der Waals surface area contributed by atoms with Crippen LogP contribution in [0.15, 0.2) is 24.3 Å². The number of benzene rings is 4. The minimum Gasteiger partial charge on any atom is -0.507 e. The van der Waals surface area contributed by atoms with Crippen LogP contribution in [0.5, 0.6) is 46.0 Å². The summed E-state index contributed by atoms with van der Waals surface area (Å²) in [7, 11) is 0. The smallest absolute Gasteiger partial charge is 0.317 e. The van der Waals surface area contributed by atoms with Gasteiger partial charge in [-0.25, -0.2) is 0 Å². The lowest BCUT2D eigenvalue weighted by molar-refractivity contribution is -0.144. The van der Waals surface area contributed by atoms with E-state index in [0.29, 0.717) is 0 Å². The van der Waals surface area contributed by atoms with Crippen LogP contribution in [0.25, 0.3) is 0 Å². The van der Waals surface area contributed by atoms with Crippen LogP contribution < -0.4 is 0 Å². The molecule has 0 unspecified atom stereocenters. The molecule has 8 bridgehead atoms. The lowest BCUT2D eigenvalue weighted by Crippen LogP contribution is -2.34. The van der Waals surface area contributed by atoms with Crippen LogP contribution in [0, 0.1) is 23.7 Å². The van der Waals surface area contributed by atoms with Crippen LogP contribution in [0.4, 0.5) is 0 Å². The van der Waals surface area contributed by atoms with E-state index in [4.69, 9.17) is 0 Å². The number of nitrogens with zero attached hydrogens (tertiary/aromatic N) is 4. The Hall–Kier alpha value is -9.12. The summed E-state index contributed by atoms with van der Waals surface area (Å²) in [5, 5.41) is 184. The van der Waals surface area contributed by atoms with Crippen LogP contribution in [-0.4, -0.2) is 201 Å². The van der Waals surface area contributed by atoms with Crippen molar-refractivity contribution in [2.45, 2.75) is 131 Å². The lowest BCUT2D eigenvalue weighted by atomic mass is 9.73. The Bertz CT molecular complexity index is 2830. The average Bonchev–Trinajstić information content (AvgIpc) is 0.750. The first-order chi connectivity index (χ1) is 42.8. The third-order valence-electron chi connectivity index (χ3n) is 15.9. The Morgan fingerprint density at radius 1 is 0.272 bits per heavy atom. The van der Waals surface area contributed by atoms with Gasteiger partial charge in [-0.3, -0.25) is 58.0 Å². The highest BCUT2D eigenvalue weighted by atomic mass is 16.4. The van der Waals surface area contributed by atoms with E-state index in [0.717, 1.165) is 19.6 Å². The molecule has 5 rings (SSSR count). The molecule has 92 heavy (non-hydrogen) atoms. The second-order valence-electron chi connectivity index (χ2n) is 25.4. The van der Waals surface area contributed by atoms with Gasteiger partial charge in [0, 0.05) is 94.4 Å². The van der Waals surface area contributed by atoms with Gasteiger partial charge in [0.25, 0.3) is 0 Å². The molecule has 0 fully saturated rings. The Morgan fingerprint density at radius 3 is 0.489 bits per heavy atom. The zero-order valence-electron chi connectivity index (χ0n) is 52.5. The summed E-state index contributed by atoms with van der Waals surface area (Å²) < 4.78 is 0. The molecule has 0 saturated heterocycles. The van der Waals surface area contributed by atoms with Crippen molar-refractivity contribution in [3.8, 4) is 46.0 Å². The summed E-state index contributed by atoms with van der Waals surface area (Å²) in [6.45, 7) is 2.76. The molecule has 504 valence electrons. The fourth-order valence-electron chi connectivity index (χ4n) is 12.5. The van der Waals surface area contributed by atoms with Gasteiger partial charge in [-0.1, -0.05) is 55.4 Å². The van der Waals surface area contributed by atoms with Crippen molar-refractivity contribution in [3.05, 3.63) is 91.0 Å². The molecule has 0 saturated carbocycles. The molecule has 0 radical (unpaired) electrons. The highest BCUT2D eigenvalue weighted by Gasteiger charge is 2.40. The van der Waals surface area contributed by atoms with E-state index in [1.807, 2.05) is 0 Å². The molecule has 16 N–H and O–H groups in total. The zero-order chi connectivity index (χ0) is 69.2. The molecule has 0 spiro atoms. The van der Waals surface area contributed by atoms with Gasteiger partial charge in [-0.2, -0.15) is 0 Å². The Kier molecular flexibility index (Phi) is 25.0. The molecule has 4 aromatic carbocycles. The van der Waals surface area contributed by atoms with Crippen LogP contribution in [0.1, 0.15) is 172 Å². The molecule has 1 aliphatic rings. The molecule has 1 aliphatic carbocycles. The number of hydrogen-bond donors (Lipinski definition) is 16. The quantitative estimate of drug-likeness (QED) is 0.0257. The second kappa shape index (κ2) is 31.3. The number of carbonyl (C=O) groups is 8. The fraction of sp³-hybridized carbons (Fsp3) is 0.500. The van der Waals surface area contributed by atoms with Crippen molar-refractivity contribution in [2.24, 2.45) is 23.7 Å². The highest BCUT2D eigenvalue weighted by Crippen LogP contribution is 2.57. The maximum atomic E-state index is 13.0. The van der Waals surface area contributed by atoms with Crippen molar-refractivity contribution in [2.75, 3.05) is 52.4 Å². The van der Waals surface area contributed by atoms with Gasteiger partial charge >= 0.3 is 47.8 Å². The van der Waals surface area contributed by atoms with E-state index in [2.05, 4.69) is 0 Å². The SMILES string of the molecule is CC(C)CC1c2cc(c(O)c(CN(CC(=O)O)CC(=O)O)c2O)C(CC(C)C)c2cc(c(O)c(CN(CC(=O)O)CC(=O)O)c2O)C(CC(C)C)c2cc(c(O)c(CN(CC(=O)O)CC(=O)O)c2O)C(CC(C)C)c2cc1c(O)c(CN(CC(=O)O)CC(=O)O)c2O. The molecule has 28 heteroatoms. The molecule has 0 aromatic heterocycles. The summed E-state index contributed by atoms with van der Waals surface area (Å²) in [5.74, 6) is -26.0. The number of carboxylic acid groups (broad SMARTS) is 8. The van der Waals surface area contributed by atoms with Crippen LogP contribution in [0.3, 0.4) is 0 Å². The van der Waals surface area contributed by atoms with E-state index in [1.54, 1.807) is 55.4 Å². The molecule has 28 nitrogen and oxygen atoms in total. The number of phenols is 8. The minimum absolute atomic E-state index is 0.111. The predicted octanol–water partition coefficient (Wildman–Crippen LogP) is 6.24. The van der Waals surface area contributed by atoms with Gasteiger partial charge in [0.15, 0.2) is 0 Å². The zero-order valence-corrected chi connectivity index (χ0v) is 52.5. The molecule has 0 heterocycles. The number of aliphatic carboxylic acids is 8. The minimum atomic E-state index is -1.53. The molecule has 4 aromatic rings. The van der Waals surface area contributed by atoms with Crippen molar-refractivity contribution in [3.63, 3.8) is 0 Å². The first-order valence-electron chi connectivity index (χ1n) is 29.8. The monoisotopic (exact) mass is 1290 g/mol. The standard InChI is InChI=1S/C64H84N4O24/c1-29(2)9-33-37-13-39(59(87)45(57(37)85)17-65(21-49(69)70)22-50(71)72)34(10-30(3)4)41-15-43(63(91)47(61(41)89)19-67(25-53(77)78)26-54(79)80)36(12-32(7)8)44-16-42(62(90)48(64(44)92)20-68(27-55(81)82)28-56(83)84)35(11-31(5)6)40-14-38(33)58(86)46(60(40)88)18-66(23-51(73)74)24-52(75)76/h13-16,29-36,85-92H,9-12,17-28H2,1-8H3,(H,69,70)(H,71,72)(H,73,74)(H,75,76)(H,77,78)(H,79,80)(H,81,82)(H,83,84). The topological polar surface area (TPSA) is 473 Å². The van der Waals surface area contributed by atoms with Crippen molar-refractivity contribution in [1.82, 2.24) is 19.6 Å². The van der Waals surface area contributed by atoms with E-state index >= 15 is 0 Å². The lowest BCUT2D eigenvalue weighted by Gasteiger charge is -2.34. The summed E-state index contributed by atoms with van der Waals surface area (Å²) in [5.41, 5.74) is -3.41. The maximum absolute atomic E-state index is 13.0. The van der Waals surface area contributed by atoms with E-state index in [1.165, 1.54) is 24.3 Å². The van der Waals surface area contributed by atoms with Gasteiger partial charge in [0.1, 0.15) is 46.0 Å². The van der Waals surface area contributed by atoms with Gasteiger partial charge in [-0.15, -0.1) is 0 Å². The molecular weight excluding hydrogens is 1210 g/mol. The second-order valence-corrected chi connectivity index (χ2v) is 25.4. The van der Waals surface area contributed by atoms with Gasteiger partial charge < -0.3 is 81.7 Å². The maximum Gasteiger partial charge on any atom is 0.317 e. The van der Waals surface area contributed by atoms with Crippen molar-refractivity contribution in [1.29, 1.82) is 0 Å². The van der Waals surface area contributed by atoms with E-state index in [-0.39, 0.29) is 70.2 Å². The van der Waals surface area contributed by atoms with E-state index in [9.17, 15) is 120 Å². The number of aromatic hydroxyl groups is 8. The molecule has 0 aliphatic heterocycles. The Labute approximate surface area is 529 Å². The highest BCUT2D eigenvalue weighted by molar-refractivity contribution is 5.76. The van der Waals surface area contributed by atoms with Gasteiger partial charge in [0.05, 0.1) is 74.6 Å². The molecule has 0 atom stereocenters. The number of phenolic OH excluding ortho intramolecular Hbond substituents is 8. The number of rotatable bonds is 32. The Balaban J connectivity index is 2.31. The van der Waals surface area contributed by atoms with Crippen LogP contribution in [-0.2, 0) is 64.5 Å².